The number of piperidine rings is 1. The quantitative estimate of drug-likeness (QED) is 0.444. The second-order valence-corrected chi connectivity index (χ2v) is 7.58. The van der Waals surface area contributed by atoms with Gasteiger partial charge < -0.3 is 20.5 Å². The van der Waals surface area contributed by atoms with Crippen molar-refractivity contribution < 1.29 is 41.0 Å². The minimum absolute atomic E-state index is 0.278. The topological polar surface area (TPSA) is 101 Å². The molecule has 3 aromatic rings. The molecule has 0 unspecified atom stereocenters. The molecule has 190 valence electrons. The number of imidazole rings is 1. The van der Waals surface area contributed by atoms with Crippen molar-refractivity contribution in [1.29, 1.82) is 0 Å². The van der Waals surface area contributed by atoms with Gasteiger partial charge in [-0.25, -0.2) is 14.3 Å². The molecule has 3 N–H and O–H groups in total. The number of nitrogens with one attached hydrogen (secondary N) is 2. The predicted octanol–water partition coefficient (Wildman–Crippen LogP) is 4.34. The second-order valence-electron chi connectivity index (χ2n) is 7.58. The average molecular weight is 505 g/mol. The zero-order valence-electron chi connectivity index (χ0n) is 18.0. The molecule has 1 fully saturated rings. The number of carbonyl (C=O) groups is 1. The van der Waals surface area contributed by atoms with Gasteiger partial charge in [-0.05, 0) is 56.1 Å². The highest BCUT2D eigenvalue weighted by Crippen LogP contribution is 2.28. The number of fused-ring (bicyclic) bond motifs is 1. The number of nitrogens with zero attached hydrogens (tertiary/aromatic N) is 3. The molecule has 1 aromatic carbocycles. The van der Waals surface area contributed by atoms with E-state index in [-0.39, 0.29) is 5.75 Å². The number of anilines is 1. The van der Waals surface area contributed by atoms with Crippen LogP contribution in [0.3, 0.4) is 0 Å². The number of benzene rings is 1. The molecule has 35 heavy (non-hydrogen) atoms. The standard InChI is InChI=1S/C19H20F3N5O.C2HF3O2/c20-19(21,22)28-15-3-1-2-14(10-15)16-12-25-18-5-4-17(26-27(16)18)24-11-13-6-8-23-9-7-13;3-2(4,5)1(6)7/h1-5,10,12-13,23H,6-9,11H2,(H,24,26);(H,6,7). The SMILES string of the molecule is FC(F)(F)Oc1cccc(-c2cnc3ccc(NCC4CCNCC4)nn23)c1.O=C(O)C(F)(F)F. The lowest BCUT2D eigenvalue weighted by Gasteiger charge is -2.22. The highest BCUT2D eigenvalue weighted by Gasteiger charge is 2.38. The maximum atomic E-state index is 12.5. The van der Waals surface area contributed by atoms with Crippen molar-refractivity contribution in [3.8, 4) is 17.0 Å². The van der Waals surface area contributed by atoms with Crippen LogP contribution in [0.15, 0.2) is 42.6 Å². The summed E-state index contributed by atoms with van der Waals surface area (Å²) >= 11 is 0. The number of hydrogen-bond donors (Lipinski definition) is 3. The summed E-state index contributed by atoms with van der Waals surface area (Å²) in [6.07, 6.45) is -5.98. The number of aliphatic carboxylic acids is 1. The van der Waals surface area contributed by atoms with Crippen LogP contribution in [0.5, 0.6) is 5.75 Å². The van der Waals surface area contributed by atoms with E-state index in [4.69, 9.17) is 9.90 Å². The fourth-order valence-corrected chi connectivity index (χ4v) is 3.35. The van der Waals surface area contributed by atoms with Crippen LogP contribution in [0.1, 0.15) is 12.8 Å². The van der Waals surface area contributed by atoms with Gasteiger partial charge in [0.15, 0.2) is 5.65 Å². The second kappa shape index (κ2) is 10.8. The number of rotatable bonds is 5. The Kier molecular flexibility index (Phi) is 8.04. The lowest BCUT2D eigenvalue weighted by atomic mass is 9.98. The summed E-state index contributed by atoms with van der Waals surface area (Å²) in [5.41, 5.74) is 1.75. The number of aromatic nitrogens is 3. The van der Waals surface area contributed by atoms with Crippen LogP contribution < -0.4 is 15.4 Å². The van der Waals surface area contributed by atoms with E-state index in [0.717, 1.165) is 32.5 Å². The van der Waals surface area contributed by atoms with Gasteiger partial charge in [0.25, 0.3) is 0 Å². The van der Waals surface area contributed by atoms with Gasteiger partial charge >= 0.3 is 18.5 Å². The Hall–Kier alpha value is -3.55. The van der Waals surface area contributed by atoms with Gasteiger partial charge in [0.05, 0.1) is 11.9 Å². The summed E-state index contributed by atoms with van der Waals surface area (Å²) in [5.74, 6) is -1.74. The van der Waals surface area contributed by atoms with Gasteiger partial charge in [0.2, 0.25) is 0 Å². The lowest BCUT2D eigenvalue weighted by molar-refractivity contribution is -0.274. The molecule has 0 spiro atoms. The van der Waals surface area contributed by atoms with Gasteiger partial charge in [-0.15, -0.1) is 18.3 Å². The Morgan fingerprint density at radius 3 is 2.46 bits per heavy atom. The number of ether oxygens (including phenoxy) is 1. The van der Waals surface area contributed by atoms with Crippen LogP contribution in [0, 0.1) is 5.92 Å². The zero-order valence-corrected chi connectivity index (χ0v) is 18.0. The Bertz CT molecular complexity index is 1140. The highest BCUT2D eigenvalue weighted by atomic mass is 19.4. The van der Waals surface area contributed by atoms with Crippen molar-refractivity contribution in [3.63, 3.8) is 0 Å². The molecular weight excluding hydrogens is 484 g/mol. The van der Waals surface area contributed by atoms with Gasteiger partial charge in [-0.2, -0.15) is 13.2 Å². The van der Waals surface area contributed by atoms with E-state index in [1.54, 1.807) is 16.8 Å². The van der Waals surface area contributed by atoms with E-state index >= 15 is 0 Å². The first kappa shape index (κ1) is 26.1. The van der Waals surface area contributed by atoms with Crippen LogP contribution in [0.4, 0.5) is 32.2 Å². The van der Waals surface area contributed by atoms with E-state index in [2.05, 4.69) is 25.5 Å². The molecule has 8 nitrogen and oxygen atoms in total. The van der Waals surface area contributed by atoms with Gasteiger partial charge in [0, 0.05) is 12.1 Å². The highest BCUT2D eigenvalue weighted by molar-refractivity contribution is 5.73. The van der Waals surface area contributed by atoms with E-state index in [1.165, 1.54) is 18.2 Å². The van der Waals surface area contributed by atoms with Crippen LogP contribution in [-0.4, -0.2) is 57.8 Å². The van der Waals surface area contributed by atoms with Crippen molar-refractivity contribution >= 4 is 17.4 Å². The Morgan fingerprint density at radius 2 is 1.83 bits per heavy atom. The number of halogens is 6. The summed E-state index contributed by atoms with van der Waals surface area (Å²) in [6, 6.07) is 9.49. The molecule has 1 aliphatic rings. The maximum absolute atomic E-state index is 12.5. The first-order chi connectivity index (χ1) is 16.4. The van der Waals surface area contributed by atoms with Gasteiger partial charge in [-0.3, -0.25) is 0 Å². The van der Waals surface area contributed by atoms with E-state index in [0.29, 0.717) is 28.6 Å². The van der Waals surface area contributed by atoms with Crippen LogP contribution in [-0.2, 0) is 4.79 Å². The van der Waals surface area contributed by atoms with Crippen molar-refractivity contribution in [3.05, 3.63) is 42.6 Å². The predicted molar refractivity (Wildman–Crippen MR) is 113 cm³/mol. The number of hydrogen-bond acceptors (Lipinski definition) is 6. The molecular formula is C21H21F6N5O3. The third kappa shape index (κ3) is 7.73. The maximum Gasteiger partial charge on any atom is 0.573 e. The molecule has 4 rings (SSSR count). The summed E-state index contributed by atoms with van der Waals surface area (Å²) < 4.78 is 74.9. The lowest BCUT2D eigenvalue weighted by Crippen LogP contribution is -2.31. The molecule has 1 saturated heterocycles. The van der Waals surface area contributed by atoms with Crippen LogP contribution >= 0.6 is 0 Å². The monoisotopic (exact) mass is 505 g/mol. The first-order valence-electron chi connectivity index (χ1n) is 10.4. The molecule has 0 aliphatic carbocycles. The molecule has 2 aromatic heterocycles. The van der Waals surface area contributed by atoms with Gasteiger partial charge in [0.1, 0.15) is 11.6 Å². The fraction of sp³-hybridized carbons (Fsp3) is 0.381. The minimum atomic E-state index is -5.08. The van der Waals surface area contributed by atoms with Gasteiger partial charge in [-0.1, -0.05) is 12.1 Å². The normalized spacial score (nSPS) is 14.8. The van der Waals surface area contributed by atoms with Crippen molar-refractivity contribution in [2.24, 2.45) is 5.92 Å². The summed E-state index contributed by atoms with van der Waals surface area (Å²) in [6.45, 7) is 2.89. The molecule has 0 amide bonds. The molecule has 1 aliphatic heterocycles. The Labute approximate surface area is 194 Å². The zero-order chi connectivity index (χ0) is 25.6. The van der Waals surface area contributed by atoms with Crippen molar-refractivity contribution in [2.45, 2.75) is 25.4 Å². The third-order valence-corrected chi connectivity index (χ3v) is 5.00. The molecule has 14 heteroatoms. The average Bonchev–Trinajstić information content (AvgIpc) is 3.20. The molecule has 0 atom stereocenters. The minimum Gasteiger partial charge on any atom is -0.475 e. The third-order valence-electron chi connectivity index (χ3n) is 5.00. The van der Waals surface area contributed by atoms with E-state index in [1.807, 2.05) is 12.1 Å². The largest absolute Gasteiger partial charge is 0.573 e. The molecule has 0 saturated carbocycles. The van der Waals surface area contributed by atoms with Crippen LogP contribution in [0.2, 0.25) is 0 Å². The Morgan fingerprint density at radius 1 is 1.14 bits per heavy atom. The summed E-state index contributed by atoms with van der Waals surface area (Å²) in [4.78, 5) is 13.2. The first-order valence-corrected chi connectivity index (χ1v) is 10.4. The van der Waals surface area contributed by atoms with Crippen molar-refractivity contribution in [2.75, 3.05) is 25.0 Å². The fourth-order valence-electron chi connectivity index (χ4n) is 3.35. The summed E-state index contributed by atoms with van der Waals surface area (Å²) in [5, 5.41) is 18.4. The molecule has 3 heterocycles. The van der Waals surface area contributed by atoms with E-state index < -0.39 is 18.5 Å². The summed E-state index contributed by atoms with van der Waals surface area (Å²) in [7, 11) is 0. The van der Waals surface area contributed by atoms with Crippen molar-refractivity contribution in [1.82, 2.24) is 19.9 Å². The number of carboxylic acid groups (broad SMARTS) is 1. The van der Waals surface area contributed by atoms with E-state index in [9.17, 15) is 26.3 Å². The molecule has 0 radical (unpaired) electrons. The smallest absolute Gasteiger partial charge is 0.475 e. The number of alkyl halides is 6. The Balaban J connectivity index is 0.000000429. The molecule has 0 bridgehead atoms. The number of carboxylic acids is 1. The van der Waals surface area contributed by atoms with Crippen LogP contribution in [0.25, 0.3) is 16.9 Å².